The van der Waals surface area contributed by atoms with E-state index in [0.29, 0.717) is 23.4 Å². The zero-order valence-electron chi connectivity index (χ0n) is 17.2. The van der Waals surface area contributed by atoms with E-state index in [1.54, 1.807) is 12.1 Å². The Morgan fingerprint density at radius 1 is 1.13 bits per heavy atom. The molecule has 0 radical (unpaired) electrons. The van der Waals surface area contributed by atoms with Crippen LogP contribution in [0.4, 0.5) is 0 Å². The summed E-state index contributed by atoms with van der Waals surface area (Å²) in [5, 5.41) is 3.72. The summed E-state index contributed by atoms with van der Waals surface area (Å²) in [6.45, 7) is 3.29. The van der Waals surface area contributed by atoms with E-state index in [1.807, 2.05) is 6.07 Å². The molecule has 0 saturated carbocycles. The number of nitrogens with zero attached hydrogens (tertiary/aromatic N) is 1. The highest BCUT2D eigenvalue weighted by molar-refractivity contribution is 5.92. The molecule has 1 aromatic heterocycles. The zero-order valence-corrected chi connectivity index (χ0v) is 17.2. The molecule has 0 saturated heterocycles. The average Bonchev–Trinajstić information content (AvgIpc) is 3.16. The van der Waals surface area contributed by atoms with Crippen LogP contribution in [-0.4, -0.2) is 23.5 Å². The first kappa shape index (κ1) is 20.1. The average molecular weight is 402 g/mol. The summed E-state index contributed by atoms with van der Waals surface area (Å²) < 4.78 is 5.85. The molecule has 3 N–H and O–H groups in total. The van der Waals surface area contributed by atoms with Crippen LogP contribution < -0.4 is 15.8 Å². The number of carbonyl (C=O) groups excluding carboxylic acids is 1. The summed E-state index contributed by atoms with van der Waals surface area (Å²) in [5.41, 5.74) is 9.69. The summed E-state index contributed by atoms with van der Waals surface area (Å²) in [6, 6.07) is 20.6. The lowest BCUT2D eigenvalue weighted by atomic mass is 9.98. The van der Waals surface area contributed by atoms with Crippen LogP contribution in [0.25, 0.3) is 0 Å². The number of pyridine rings is 1. The summed E-state index contributed by atoms with van der Waals surface area (Å²) in [5.74, 6) is 1.26. The van der Waals surface area contributed by atoms with Gasteiger partial charge in [-0.1, -0.05) is 43.3 Å². The molecule has 1 heterocycles. The van der Waals surface area contributed by atoms with Gasteiger partial charge in [-0.15, -0.1) is 0 Å². The van der Waals surface area contributed by atoms with Crippen LogP contribution in [0.2, 0.25) is 0 Å². The molecule has 5 nitrogen and oxygen atoms in total. The predicted molar refractivity (Wildman–Crippen MR) is 118 cm³/mol. The molecule has 0 aliphatic heterocycles. The predicted octanol–water partition coefficient (Wildman–Crippen LogP) is 4.22. The van der Waals surface area contributed by atoms with Crippen LogP contribution >= 0.6 is 0 Å². The fraction of sp³-hybridized carbons (Fsp3) is 0.280. The normalized spacial score (nSPS) is 16.1. The molecule has 3 aromatic rings. The van der Waals surface area contributed by atoms with Crippen LogP contribution in [0.3, 0.4) is 0 Å². The Balaban J connectivity index is 1.29. The van der Waals surface area contributed by atoms with E-state index in [-0.39, 0.29) is 0 Å². The Hall–Kier alpha value is -3.18. The highest BCUT2D eigenvalue weighted by atomic mass is 16.5. The van der Waals surface area contributed by atoms with Gasteiger partial charge < -0.3 is 15.8 Å². The van der Waals surface area contributed by atoms with Crippen molar-refractivity contribution in [3.05, 3.63) is 89.1 Å². The van der Waals surface area contributed by atoms with Gasteiger partial charge in [-0.25, -0.2) is 4.98 Å². The number of ether oxygens (including phenoxy) is 1. The minimum Gasteiger partial charge on any atom is -0.439 e. The second-order valence-corrected chi connectivity index (χ2v) is 7.94. The highest BCUT2D eigenvalue weighted by Crippen LogP contribution is 2.29. The minimum atomic E-state index is -0.497. The summed E-state index contributed by atoms with van der Waals surface area (Å²) in [4.78, 5) is 15.3. The number of amides is 1. The lowest BCUT2D eigenvalue weighted by Crippen LogP contribution is -2.30. The first-order valence-electron chi connectivity index (χ1n) is 10.4. The molecule has 154 valence electrons. The van der Waals surface area contributed by atoms with E-state index < -0.39 is 5.91 Å². The minimum absolute atomic E-state index is 0.367. The third-order valence-corrected chi connectivity index (χ3v) is 5.73. The molecule has 0 spiro atoms. The Morgan fingerprint density at radius 3 is 2.67 bits per heavy atom. The number of carbonyl (C=O) groups is 1. The molecule has 2 aromatic carbocycles. The summed E-state index contributed by atoms with van der Waals surface area (Å²) in [6.07, 6.45) is 4.60. The van der Waals surface area contributed by atoms with Crippen molar-refractivity contribution in [3.8, 4) is 11.6 Å². The van der Waals surface area contributed by atoms with Crippen LogP contribution in [-0.2, 0) is 12.8 Å². The van der Waals surface area contributed by atoms with E-state index in [1.165, 1.54) is 22.9 Å². The lowest BCUT2D eigenvalue weighted by molar-refractivity contribution is 0.1000. The Labute approximate surface area is 177 Å². The van der Waals surface area contributed by atoms with Gasteiger partial charge in [-0.05, 0) is 66.6 Å². The third kappa shape index (κ3) is 4.86. The van der Waals surface area contributed by atoms with Crippen molar-refractivity contribution in [3.63, 3.8) is 0 Å². The number of rotatable bonds is 8. The van der Waals surface area contributed by atoms with Crippen molar-refractivity contribution in [1.29, 1.82) is 0 Å². The largest absolute Gasteiger partial charge is 0.439 e. The molecule has 4 rings (SSSR count). The molecular formula is C25H27N3O2. The van der Waals surface area contributed by atoms with Crippen molar-refractivity contribution in [2.75, 3.05) is 6.54 Å². The summed E-state index contributed by atoms with van der Waals surface area (Å²) in [7, 11) is 0. The van der Waals surface area contributed by atoms with Gasteiger partial charge in [0, 0.05) is 18.3 Å². The van der Waals surface area contributed by atoms with Gasteiger partial charge in [0.25, 0.3) is 0 Å². The molecule has 1 aliphatic rings. The van der Waals surface area contributed by atoms with E-state index >= 15 is 0 Å². The topological polar surface area (TPSA) is 77.2 Å². The van der Waals surface area contributed by atoms with Crippen LogP contribution in [0.5, 0.6) is 11.6 Å². The number of primary amides is 1. The number of benzene rings is 2. The smallest absolute Gasteiger partial charge is 0.250 e. The van der Waals surface area contributed by atoms with Crippen LogP contribution in [0.15, 0.2) is 66.9 Å². The van der Waals surface area contributed by atoms with Gasteiger partial charge >= 0.3 is 0 Å². The van der Waals surface area contributed by atoms with Gasteiger partial charge in [-0.2, -0.15) is 0 Å². The summed E-state index contributed by atoms with van der Waals surface area (Å²) >= 11 is 0. The quantitative estimate of drug-likeness (QED) is 0.592. The fourth-order valence-electron chi connectivity index (χ4n) is 3.96. The molecule has 1 amide bonds. The monoisotopic (exact) mass is 401 g/mol. The molecular weight excluding hydrogens is 374 g/mol. The SMILES string of the molecule is CC(CCNC1Cc2ccc(Oc3ccc(C(N)=O)cn3)cc2C1)c1ccccc1. The maximum Gasteiger partial charge on any atom is 0.250 e. The number of hydrogen-bond donors (Lipinski definition) is 2. The molecule has 2 atom stereocenters. The number of fused-ring (bicyclic) bond motifs is 1. The molecule has 0 fully saturated rings. The Bertz CT molecular complexity index is 1000. The first-order valence-corrected chi connectivity index (χ1v) is 10.4. The Morgan fingerprint density at radius 2 is 1.93 bits per heavy atom. The highest BCUT2D eigenvalue weighted by Gasteiger charge is 2.21. The van der Waals surface area contributed by atoms with Crippen LogP contribution in [0, 0.1) is 0 Å². The van der Waals surface area contributed by atoms with Crippen molar-refractivity contribution in [1.82, 2.24) is 10.3 Å². The third-order valence-electron chi connectivity index (χ3n) is 5.73. The van der Waals surface area contributed by atoms with E-state index in [4.69, 9.17) is 10.5 Å². The van der Waals surface area contributed by atoms with Gasteiger partial charge in [0.1, 0.15) is 5.75 Å². The molecule has 30 heavy (non-hydrogen) atoms. The number of nitrogens with two attached hydrogens (primary N) is 1. The van der Waals surface area contributed by atoms with E-state index in [9.17, 15) is 4.79 Å². The standard InChI is InChI=1S/C25H27N3O2/c1-17(18-5-3-2-4-6-18)11-12-27-22-13-19-7-9-23(15-21(19)14-22)30-24-10-8-20(16-28-24)25(26)29/h2-10,15-17,22,27H,11-14H2,1H3,(H2,26,29). The van der Waals surface area contributed by atoms with Gasteiger partial charge in [-0.3, -0.25) is 4.79 Å². The maximum absolute atomic E-state index is 11.1. The molecule has 2 unspecified atom stereocenters. The lowest BCUT2D eigenvalue weighted by Gasteiger charge is -2.15. The second kappa shape index (κ2) is 9.09. The molecule has 5 heteroatoms. The van der Waals surface area contributed by atoms with Gasteiger partial charge in [0.05, 0.1) is 5.56 Å². The Kier molecular flexibility index (Phi) is 6.10. The maximum atomic E-state index is 11.1. The van der Waals surface area contributed by atoms with Gasteiger partial charge in [0.15, 0.2) is 0 Å². The van der Waals surface area contributed by atoms with E-state index in [0.717, 1.165) is 31.6 Å². The van der Waals surface area contributed by atoms with Crippen LogP contribution in [0.1, 0.15) is 46.3 Å². The van der Waals surface area contributed by atoms with Crippen molar-refractivity contribution in [2.24, 2.45) is 5.73 Å². The zero-order chi connectivity index (χ0) is 20.9. The number of nitrogens with one attached hydrogen (secondary N) is 1. The molecule has 0 bridgehead atoms. The number of hydrogen-bond acceptors (Lipinski definition) is 4. The van der Waals surface area contributed by atoms with E-state index in [2.05, 4.69) is 59.7 Å². The second-order valence-electron chi connectivity index (χ2n) is 7.94. The fourth-order valence-corrected chi connectivity index (χ4v) is 3.96. The van der Waals surface area contributed by atoms with Crippen molar-refractivity contribution >= 4 is 5.91 Å². The van der Waals surface area contributed by atoms with Gasteiger partial charge in [0.2, 0.25) is 11.8 Å². The number of aromatic nitrogens is 1. The first-order chi connectivity index (χ1) is 14.6. The molecule has 1 aliphatic carbocycles. The van der Waals surface area contributed by atoms with Crippen molar-refractivity contribution in [2.45, 2.75) is 38.1 Å². The van der Waals surface area contributed by atoms with Crippen molar-refractivity contribution < 1.29 is 9.53 Å².